The predicted octanol–water partition coefficient (Wildman–Crippen LogP) is 3.51. The van der Waals surface area contributed by atoms with Crippen LogP contribution >= 0.6 is 7.52 Å². The van der Waals surface area contributed by atoms with Crippen molar-refractivity contribution < 1.29 is 23.7 Å². The Bertz CT molecular complexity index is 1460. The highest BCUT2D eigenvalue weighted by Crippen LogP contribution is 2.44. The van der Waals surface area contributed by atoms with Crippen LogP contribution in [0.4, 0.5) is 11.8 Å². The molecule has 1 saturated carbocycles. The van der Waals surface area contributed by atoms with Crippen LogP contribution in [0.5, 0.6) is 5.75 Å². The Morgan fingerprint density at radius 2 is 1.85 bits per heavy atom. The van der Waals surface area contributed by atoms with Crippen molar-refractivity contribution in [3.05, 3.63) is 72.6 Å². The number of carboxylic acids is 1. The summed E-state index contributed by atoms with van der Waals surface area (Å²) in [6, 6.07) is 16.9. The third kappa shape index (κ3) is 7.11. The summed E-state index contributed by atoms with van der Waals surface area (Å²) >= 11 is 0. The first kappa shape index (κ1) is 26.6. The lowest BCUT2D eigenvalue weighted by molar-refractivity contribution is -0.139. The minimum atomic E-state index is -3.80. The van der Waals surface area contributed by atoms with E-state index in [4.69, 9.17) is 15.0 Å². The van der Waals surface area contributed by atoms with Crippen molar-refractivity contribution in [1.82, 2.24) is 24.6 Å². The van der Waals surface area contributed by atoms with Gasteiger partial charge in [0.2, 0.25) is 5.95 Å². The highest BCUT2D eigenvalue weighted by molar-refractivity contribution is 7.57. The fourth-order valence-electron chi connectivity index (χ4n) is 4.01. The fraction of sp³-hybridized carbons (Fsp3) is 0.308. The van der Waals surface area contributed by atoms with Gasteiger partial charge in [-0.15, -0.1) is 0 Å². The van der Waals surface area contributed by atoms with Gasteiger partial charge in [-0.2, -0.15) is 9.97 Å². The third-order valence-corrected chi connectivity index (χ3v) is 7.80. The Hall–Kier alpha value is -3.99. The van der Waals surface area contributed by atoms with E-state index in [9.17, 15) is 14.5 Å². The largest absolute Gasteiger partial charge is 0.480 e. The number of nitrogens with two attached hydrogens (primary N) is 1. The van der Waals surface area contributed by atoms with Crippen molar-refractivity contribution in [2.75, 3.05) is 24.0 Å². The van der Waals surface area contributed by atoms with E-state index in [1.807, 2.05) is 30.3 Å². The summed E-state index contributed by atoms with van der Waals surface area (Å²) in [7, 11) is -3.80. The van der Waals surface area contributed by atoms with Gasteiger partial charge in [0, 0.05) is 12.6 Å². The molecule has 0 radical (unpaired) electrons. The smallest absolute Gasteiger partial charge is 0.342 e. The van der Waals surface area contributed by atoms with E-state index in [1.165, 1.54) is 0 Å². The number of aliphatic carboxylic acids is 1. The predicted molar refractivity (Wildman–Crippen MR) is 147 cm³/mol. The molecule has 1 fully saturated rings. The summed E-state index contributed by atoms with van der Waals surface area (Å²) in [5.74, 6) is -0.0723. The minimum absolute atomic E-state index is 0.123. The van der Waals surface area contributed by atoms with Crippen LogP contribution in [-0.4, -0.2) is 55.6 Å². The van der Waals surface area contributed by atoms with E-state index in [0.717, 1.165) is 18.4 Å². The van der Waals surface area contributed by atoms with Crippen LogP contribution < -0.4 is 20.7 Å². The van der Waals surface area contributed by atoms with E-state index in [2.05, 4.69) is 25.4 Å². The highest BCUT2D eigenvalue weighted by atomic mass is 31.2. The van der Waals surface area contributed by atoms with Gasteiger partial charge in [-0.25, -0.2) is 10.1 Å². The lowest BCUT2D eigenvalue weighted by atomic mass is 10.1. The zero-order valence-electron chi connectivity index (χ0n) is 21.1. The maximum atomic E-state index is 13.9. The molecule has 2 aromatic heterocycles. The van der Waals surface area contributed by atoms with E-state index >= 15 is 0 Å². The SMILES string of the molecule is Nc1nc(NC2CC2)c2ncn(CCOCP(=O)(N[C@@H](Cc3ccccc3)C(=O)O)Oc3ccccc3)c2n1. The molecule has 204 valence electrons. The van der Waals surface area contributed by atoms with Crippen LogP contribution in [0.1, 0.15) is 18.4 Å². The molecule has 12 nitrogen and oxygen atoms in total. The van der Waals surface area contributed by atoms with Gasteiger partial charge in [0.15, 0.2) is 17.0 Å². The molecule has 2 aromatic carbocycles. The zero-order chi connectivity index (χ0) is 27.2. The molecular formula is C26H30N7O5P. The van der Waals surface area contributed by atoms with E-state index in [-0.39, 0.29) is 25.3 Å². The molecule has 5 rings (SSSR count). The molecule has 0 spiro atoms. The molecule has 0 saturated heterocycles. The van der Waals surface area contributed by atoms with Crippen molar-refractivity contribution in [3.63, 3.8) is 0 Å². The number of hydrogen-bond donors (Lipinski definition) is 4. The first-order chi connectivity index (χ1) is 18.9. The van der Waals surface area contributed by atoms with E-state index < -0.39 is 19.5 Å². The molecule has 4 aromatic rings. The van der Waals surface area contributed by atoms with Crippen LogP contribution in [-0.2, 0) is 27.1 Å². The molecule has 2 atom stereocenters. The van der Waals surface area contributed by atoms with Gasteiger partial charge in [0.1, 0.15) is 18.1 Å². The van der Waals surface area contributed by atoms with Gasteiger partial charge in [-0.05, 0) is 37.0 Å². The van der Waals surface area contributed by atoms with Gasteiger partial charge in [0.05, 0.1) is 12.9 Å². The molecule has 5 N–H and O–H groups in total. The summed E-state index contributed by atoms with van der Waals surface area (Å²) in [6.07, 6.45) is 3.55. The van der Waals surface area contributed by atoms with Crippen LogP contribution in [0.3, 0.4) is 0 Å². The highest BCUT2D eigenvalue weighted by Gasteiger charge is 2.32. The standard InChI is InChI=1S/C26H30N7O5P/c27-26-30-23(29-19-11-12-19)22-24(31-26)33(16-28-22)13-14-37-17-39(36,38-20-9-5-2-6-10-20)32-21(25(34)35)15-18-7-3-1-4-8-18/h1-10,16,19,21H,11-15,17H2,(H,32,36)(H,34,35)(H3,27,29,30,31)/t21-,39?/m0/s1. The average molecular weight is 552 g/mol. The van der Waals surface area contributed by atoms with Crippen molar-refractivity contribution >= 4 is 36.4 Å². The molecule has 2 heterocycles. The first-order valence-electron chi connectivity index (χ1n) is 12.6. The van der Waals surface area contributed by atoms with Gasteiger partial charge in [0.25, 0.3) is 0 Å². The normalized spacial score (nSPS) is 15.5. The lowest BCUT2D eigenvalue weighted by Gasteiger charge is -2.24. The molecular weight excluding hydrogens is 521 g/mol. The van der Waals surface area contributed by atoms with Crippen LogP contribution in [0.15, 0.2) is 67.0 Å². The van der Waals surface area contributed by atoms with Crippen LogP contribution in [0.2, 0.25) is 0 Å². The van der Waals surface area contributed by atoms with Crippen molar-refractivity contribution in [2.24, 2.45) is 0 Å². The summed E-state index contributed by atoms with van der Waals surface area (Å²) in [4.78, 5) is 25.1. The molecule has 1 aliphatic rings. The average Bonchev–Trinajstić information content (AvgIpc) is 3.64. The Balaban J connectivity index is 1.27. The number of anilines is 2. The molecule has 1 unspecified atom stereocenters. The number of nitrogen functional groups attached to an aromatic ring is 1. The van der Waals surface area contributed by atoms with Crippen molar-refractivity contribution in [3.8, 4) is 5.75 Å². The number of carboxylic acid groups (broad SMARTS) is 1. The topological polar surface area (TPSA) is 167 Å². The Morgan fingerprint density at radius 3 is 2.54 bits per heavy atom. The number of aromatic nitrogens is 4. The summed E-state index contributed by atoms with van der Waals surface area (Å²) in [5, 5.41) is 15.9. The third-order valence-electron chi connectivity index (χ3n) is 6.07. The number of nitrogens with one attached hydrogen (secondary N) is 2. The number of benzene rings is 2. The maximum Gasteiger partial charge on any atom is 0.342 e. The number of imidazole rings is 1. The second kappa shape index (κ2) is 11.8. The summed E-state index contributed by atoms with van der Waals surface area (Å²) in [6.45, 7) is 0.481. The van der Waals surface area contributed by atoms with Crippen LogP contribution in [0.25, 0.3) is 11.2 Å². The number of nitrogens with zero attached hydrogens (tertiary/aromatic N) is 4. The first-order valence-corrected chi connectivity index (χ1v) is 14.4. The van der Waals surface area contributed by atoms with Gasteiger partial charge in [-0.3, -0.25) is 9.36 Å². The quantitative estimate of drug-likeness (QED) is 0.134. The maximum absolute atomic E-state index is 13.9. The Kier molecular flexibility index (Phi) is 8.06. The van der Waals surface area contributed by atoms with Crippen LogP contribution in [0, 0.1) is 0 Å². The summed E-state index contributed by atoms with van der Waals surface area (Å²) < 4.78 is 27.2. The van der Waals surface area contributed by atoms with E-state index in [0.29, 0.717) is 35.3 Å². The second-order valence-electron chi connectivity index (χ2n) is 9.28. The Morgan fingerprint density at radius 1 is 1.13 bits per heavy atom. The Labute approximate surface area is 225 Å². The number of ether oxygens (including phenoxy) is 1. The molecule has 13 heteroatoms. The van der Waals surface area contributed by atoms with Gasteiger partial charge < -0.3 is 30.0 Å². The zero-order valence-corrected chi connectivity index (χ0v) is 22.0. The molecule has 0 amide bonds. The minimum Gasteiger partial charge on any atom is -0.480 e. The number of carbonyl (C=O) groups is 1. The summed E-state index contributed by atoms with van der Waals surface area (Å²) in [5.41, 5.74) is 7.87. The lowest BCUT2D eigenvalue weighted by Crippen LogP contribution is -2.38. The van der Waals surface area contributed by atoms with Gasteiger partial charge in [-0.1, -0.05) is 48.5 Å². The van der Waals surface area contributed by atoms with Crippen molar-refractivity contribution in [2.45, 2.75) is 37.9 Å². The number of fused-ring (bicyclic) bond motifs is 1. The number of rotatable bonds is 14. The molecule has 0 bridgehead atoms. The molecule has 0 aliphatic heterocycles. The van der Waals surface area contributed by atoms with Gasteiger partial charge >= 0.3 is 13.5 Å². The second-order valence-corrected chi connectivity index (χ2v) is 11.3. The number of para-hydroxylation sites is 1. The molecule has 1 aliphatic carbocycles. The van der Waals surface area contributed by atoms with E-state index in [1.54, 1.807) is 41.2 Å². The fourth-order valence-corrected chi connectivity index (χ4v) is 5.70. The molecule has 39 heavy (non-hydrogen) atoms. The van der Waals surface area contributed by atoms with Crippen molar-refractivity contribution in [1.29, 1.82) is 0 Å². The monoisotopic (exact) mass is 551 g/mol. The number of hydrogen-bond acceptors (Lipinski definition) is 9.